The van der Waals surface area contributed by atoms with E-state index in [1.807, 2.05) is 19.1 Å². The maximum absolute atomic E-state index is 12.3. The van der Waals surface area contributed by atoms with Crippen LogP contribution in [0.1, 0.15) is 18.1 Å². The molecule has 0 aromatic heterocycles. The highest BCUT2D eigenvalue weighted by Crippen LogP contribution is 2.28. The second-order valence-electron chi connectivity index (χ2n) is 3.46. The zero-order valence-corrected chi connectivity index (χ0v) is 9.92. The molecule has 0 aliphatic rings. The second-order valence-corrected chi connectivity index (χ2v) is 3.46. The summed E-state index contributed by atoms with van der Waals surface area (Å²) in [6, 6.07) is 4.74. The molecule has 96 valence electrons. The van der Waals surface area contributed by atoms with Crippen molar-refractivity contribution >= 4 is 0 Å². The molecule has 1 aromatic carbocycles. The monoisotopic (exact) mass is 254 g/mol. The van der Waals surface area contributed by atoms with Gasteiger partial charge in [-0.1, -0.05) is 24.0 Å². The molecule has 1 aromatic rings. The van der Waals surface area contributed by atoms with Gasteiger partial charge >= 0.3 is 6.18 Å². The lowest BCUT2D eigenvalue weighted by molar-refractivity contribution is -0.137. The summed E-state index contributed by atoms with van der Waals surface area (Å²) >= 11 is 0. The summed E-state index contributed by atoms with van der Waals surface area (Å²) in [5, 5.41) is 0. The number of ether oxygens (including phenoxy) is 1. The molecule has 0 unspecified atom stereocenters. The standard InChI is InChI=1S/C14H13F3O/c1-2-3-10-18-11-4-5-12-6-8-13(9-7-12)14(15,16)17/h2-3,6-9H,10-11H2,1H3/b3-2-. The second kappa shape index (κ2) is 6.87. The quantitative estimate of drug-likeness (QED) is 0.454. The van der Waals surface area contributed by atoms with Crippen LogP contribution in [-0.4, -0.2) is 13.2 Å². The molecule has 0 saturated heterocycles. The van der Waals surface area contributed by atoms with Gasteiger partial charge in [0.15, 0.2) is 0 Å². The molecule has 0 saturated carbocycles. The maximum atomic E-state index is 12.3. The minimum Gasteiger partial charge on any atom is -0.365 e. The maximum Gasteiger partial charge on any atom is 0.416 e. The largest absolute Gasteiger partial charge is 0.416 e. The highest BCUT2D eigenvalue weighted by Gasteiger charge is 2.29. The minimum absolute atomic E-state index is 0.255. The topological polar surface area (TPSA) is 9.23 Å². The molecule has 0 atom stereocenters. The summed E-state index contributed by atoms with van der Waals surface area (Å²) in [6.45, 7) is 2.63. The van der Waals surface area contributed by atoms with Crippen LogP contribution in [0, 0.1) is 11.8 Å². The fourth-order valence-electron chi connectivity index (χ4n) is 1.15. The average molecular weight is 254 g/mol. The fraction of sp³-hybridized carbons (Fsp3) is 0.286. The van der Waals surface area contributed by atoms with Crippen LogP contribution >= 0.6 is 0 Å². The first kappa shape index (κ1) is 14.3. The summed E-state index contributed by atoms with van der Waals surface area (Å²) in [5.41, 5.74) is -0.130. The van der Waals surface area contributed by atoms with Crippen molar-refractivity contribution in [2.24, 2.45) is 0 Å². The van der Waals surface area contributed by atoms with Crippen LogP contribution in [-0.2, 0) is 10.9 Å². The molecule has 0 aliphatic heterocycles. The van der Waals surface area contributed by atoms with Gasteiger partial charge in [-0.25, -0.2) is 0 Å². The molecule has 0 bridgehead atoms. The first-order valence-electron chi connectivity index (χ1n) is 5.39. The Morgan fingerprint density at radius 1 is 1.22 bits per heavy atom. The molecule has 0 radical (unpaired) electrons. The smallest absolute Gasteiger partial charge is 0.365 e. The van der Waals surface area contributed by atoms with Crippen LogP contribution in [0.4, 0.5) is 13.2 Å². The molecule has 0 aliphatic carbocycles. The summed E-state index contributed by atoms with van der Waals surface area (Å²) in [6.07, 6.45) is -0.593. The lowest BCUT2D eigenvalue weighted by atomic mass is 10.1. The Morgan fingerprint density at radius 3 is 2.44 bits per heavy atom. The summed E-state index contributed by atoms with van der Waals surface area (Å²) in [7, 11) is 0. The van der Waals surface area contributed by atoms with E-state index in [0.29, 0.717) is 12.2 Å². The van der Waals surface area contributed by atoms with E-state index in [1.165, 1.54) is 12.1 Å². The van der Waals surface area contributed by atoms with Gasteiger partial charge < -0.3 is 4.74 Å². The summed E-state index contributed by atoms with van der Waals surface area (Å²) < 4.78 is 42.0. The lowest BCUT2D eigenvalue weighted by Gasteiger charge is -2.05. The number of halogens is 3. The van der Waals surface area contributed by atoms with Crippen molar-refractivity contribution in [3.63, 3.8) is 0 Å². The number of benzene rings is 1. The van der Waals surface area contributed by atoms with Gasteiger partial charge in [-0.2, -0.15) is 13.2 Å². The third-order valence-electron chi connectivity index (χ3n) is 2.07. The first-order chi connectivity index (χ1) is 8.54. The van der Waals surface area contributed by atoms with Crippen LogP contribution in [0.2, 0.25) is 0 Å². The Hall–Kier alpha value is -1.73. The molecule has 0 heterocycles. The molecular formula is C14H13F3O. The van der Waals surface area contributed by atoms with Gasteiger partial charge in [0.1, 0.15) is 6.61 Å². The fourth-order valence-corrected chi connectivity index (χ4v) is 1.15. The zero-order chi connectivity index (χ0) is 13.4. The normalized spacial score (nSPS) is 11.3. The highest BCUT2D eigenvalue weighted by molar-refractivity contribution is 5.36. The van der Waals surface area contributed by atoms with Gasteiger partial charge in [0.25, 0.3) is 0 Å². The van der Waals surface area contributed by atoms with Crippen LogP contribution in [0.3, 0.4) is 0 Å². The molecule has 0 fully saturated rings. The summed E-state index contributed by atoms with van der Waals surface area (Å²) in [4.78, 5) is 0. The Balaban J connectivity index is 2.51. The molecule has 18 heavy (non-hydrogen) atoms. The highest BCUT2D eigenvalue weighted by atomic mass is 19.4. The van der Waals surface area contributed by atoms with E-state index in [0.717, 1.165) is 12.1 Å². The molecule has 1 nitrogen and oxygen atoms in total. The van der Waals surface area contributed by atoms with Crippen molar-refractivity contribution in [3.8, 4) is 11.8 Å². The van der Waals surface area contributed by atoms with Crippen LogP contribution < -0.4 is 0 Å². The van der Waals surface area contributed by atoms with Gasteiger partial charge in [0.05, 0.1) is 12.2 Å². The van der Waals surface area contributed by atoms with Crippen molar-refractivity contribution in [1.82, 2.24) is 0 Å². The third-order valence-corrected chi connectivity index (χ3v) is 2.07. The van der Waals surface area contributed by atoms with Gasteiger partial charge in [0.2, 0.25) is 0 Å². The summed E-state index contributed by atoms with van der Waals surface area (Å²) in [5.74, 6) is 5.47. The van der Waals surface area contributed by atoms with E-state index in [1.54, 1.807) is 0 Å². The number of hydrogen-bond donors (Lipinski definition) is 0. The van der Waals surface area contributed by atoms with E-state index >= 15 is 0 Å². The van der Waals surface area contributed by atoms with Gasteiger partial charge in [-0.15, -0.1) is 0 Å². The number of hydrogen-bond acceptors (Lipinski definition) is 1. The SMILES string of the molecule is C/C=C\COCC#Cc1ccc(C(F)(F)F)cc1. The van der Waals surface area contributed by atoms with Crippen molar-refractivity contribution in [2.45, 2.75) is 13.1 Å². The molecular weight excluding hydrogens is 241 g/mol. The van der Waals surface area contributed by atoms with Crippen LogP contribution in [0.5, 0.6) is 0 Å². The minimum atomic E-state index is -4.30. The lowest BCUT2D eigenvalue weighted by Crippen LogP contribution is -2.04. The van der Waals surface area contributed by atoms with Crippen LogP contribution in [0.15, 0.2) is 36.4 Å². The molecule has 4 heteroatoms. The van der Waals surface area contributed by atoms with Crippen LogP contribution in [0.25, 0.3) is 0 Å². The van der Waals surface area contributed by atoms with Crippen molar-refractivity contribution in [1.29, 1.82) is 0 Å². The average Bonchev–Trinajstić information content (AvgIpc) is 2.33. The Bertz CT molecular complexity index is 447. The van der Waals surface area contributed by atoms with Crippen molar-refractivity contribution in [2.75, 3.05) is 13.2 Å². The Labute approximate surface area is 104 Å². The van der Waals surface area contributed by atoms with E-state index < -0.39 is 11.7 Å². The van der Waals surface area contributed by atoms with E-state index in [2.05, 4.69) is 11.8 Å². The van der Waals surface area contributed by atoms with E-state index in [9.17, 15) is 13.2 Å². The van der Waals surface area contributed by atoms with Gasteiger partial charge in [-0.3, -0.25) is 0 Å². The Kier molecular flexibility index (Phi) is 5.47. The molecule has 1 rings (SSSR count). The number of alkyl halides is 3. The van der Waals surface area contributed by atoms with Crippen molar-refractivity contribution < 1.29 is 17.9 Å². The van der Waals surface area contributed by atoms with Gasteiger partial charge in [-0.05, 0) is 31.2 Å². The van der Waals surface area contributed by atoms with E-state index in [-0.39, 0.29) is 6.61 Å². The number of allylic oxidation sites excluding steroid dienone is 1. The van der Waals surface area contributed by atoms with E-state index in [4.69, 9.17) is 4.74 Å². The van der Waals surface area contributed by atoms with Gasteiger partial charge in [0, 0.05) is 5.56 Å². The first-order valence-corrected chi connectivity index (χ1v) is 5.39. The number of rotatable bonds is 3. The molecule has 0 spiro atoms. The van der Waals surface area contributed by atoms with Crippen molar-refractivity contribution in [3.05, 3.63) is 47.5 Å². The third kappa shape index (κ3) is 5.07. The predicted octanol–water partition coefficient (Wildman–Crippen LogP) is 3.65. The molecule has 0 N–H and O–H groups in total. The Morgan fingerprint density at radius 2 is 1.89 bits per heavy atom. The zero-order valence-electron chi connectivity index (χ0n) is 9.92. The predicted molar refractivity (Wildman–Crippen MR) is 64.0 cm³/mol. The molecule has 0 amide bonds.